The quantitative estimate of drug-likeness (QED) is 0.881. The molecule has 1 saturated heterocycles. The lowest BCUT2D eigenvalue weighted by atomic mass is 10.2. The van der Waals surface area contributed by atoms with E-state index >= 15 is 0 Å². The Balaban J connectivity index is 1.93. The predicted octanol–water partition coefficient (Wildman–Crippen LogP) is 1.98. The van der Waals surface area contributed by atoms with Crippen molar-refractivity contribution >= 4 is 11.7 Å². The third kappa shape index (κ3) is 3.47. The molecule has 0 saturated carbocycles. The van der Waals surface area contributed by atoms with Crippen molar-refractivity contribution in [3.63, 3.8) is 0 Å². The average molecular weight is 262 g/mol. The summed E-state index contributed by atoms with van der Waals surface area (Å²) in [5, 5.41) is 8.73. The minimum absolute atomic E-state index is 0.220. The van der Waals surface area contributed by atoms with E-state index in [-0.39, 0.29) is 6.42 Å². The number of benzene rings is 1. The van der Waals surface area contributed by atoms with Gasteiger partial charge in [0.2, 0.25) is 0 Å². The summed E-state index contributed by atoms with van der Waals surface area (Å²) >= 11 is 0. The lowest BCUT2D eigenvalue weighted by molar-refractivity contribution is -0.137. The van der Waals surface area contributed by atoms with E-state index in [4.69, 9.17) is 5.11 Å². The molecule has 1 aromatic carbocycles. The maximum absolute atomic E-state index is 10.6. The smallest absolute Gasteiger partial charge is 0.304 e. The van der Waals surface area contributed by atoms with Crippen LogP contribution in [0.3, 0.4) is 0 Å². The highest BCUT2D eigenvalue weighted by Crippen LogP contribution is 2.25. The van der Waals surface area contributed by atoms with Crippen LogP contribution in [0.1, 0.15) is 18.4 Å². The van der Waals surface area contributed by atoms with Crippen molar-refractivity contribution in [3.05, 3.63) is 29.8 Å². The highest BCUT2D eigenvalue weighted by molar-refractivity contribution is 5.66. The van der Waals surface area contributed by atoms with Gasteiger partial charge in [-0.25, -0.2) is 0 Å². The van der Waals surface area contributed by atoms with Crippen molar-refractivity contribution in [2.45, 2.75) is 25.8 Å². The van der Waals surface area contributed by atoms with Crippen molar-refractivity contribution in [2.24, 2.45) is 0 Å². The van der Waals surface area contributed by atoms with E-state index in [1.54, 1.807) is 0 Å². The molecule has 0 spiro atoms. The average Bonchev–Trinajstić information content (AvgIpc) is 2.86. The molecule has 2 rings (SSSR count). The first-order valence-corrected chi connectivity index (χ1v) is 6.80. The van der Waals surface area contributed by atoms with Crippen LogP contribution in [-0.4, -0.2) is 48.7 Å². The summed E-state index contributed by atoms with van der Waals surface area (Å²) in [4.78, 5) is 15.2. The molecule has 104 valence electrons. The van der Waals surface area contributed by atoms with Crippen LogP contribution >= 0.6 is 0 Å². The topological polar surface area (TPSA) is 43.8 Å². The van der Waals surface area contributed by atoms with Crippen LogP contribution < -0.4 is 4.90 Å². The van der Waals surface area contributed by atoms with Crippen molar-refractivity contribution in [1.29, 1.82) is 0 Å². The van der Waals surface area contributed by atoms with E-state index in [2.05, 4.69) is 41.0 Å². The Morgan fingerprint density at radius 1 is 1.47 bits per heavy atom. The molecule has 1 aromatic rings. The maximum Gasteiger partial charge on any atom is 0.304 e. The van der Waals surface area contributed by atoms with Gasteiger partial charge in [0.1, 0.15) is 0 Å². The molecule has 0 amide bonds. The number of carboxylic acid groups (broad SMARTS) is 1. The molecule has 1 aliphatic heterocycles. The summed E-state index contributed by atoms with van der Waals surface area (Å²) in [5.41, 5.74) is 2.60. The number of aliphatic carboxylic acids is 1. The standard InChI is InChI=1S/C15H22N2O2/c1-12-5-3-4-6-14(12)17-10-7-13(11-17)16(2)9-8-15(18)19/h3-6,13H,7-11H2,1-2H3,(H,18,19). The Morgan fingerprint density at radius 3 is 2.89 bits per heavy atom. The number of aryl methyl sites for hydroxylation is 1. The van der Waals surface area contributed by atoms with Crippen molar-refractivity contribution in [3.8, 4) is 0 Å². The molecule has 19 heavy (non-hydrogen) atoms. The van der Waals surface area contributed by atoms with Crippen LogP contribution in [-0.2, 0) is 4.79 Å². The molecule has 0 aromatic heterocycles. The Hall–Kier alpha value is -1.55. The lowest BCUT2D eigenvalue weighted by Crippen LogP contribution is -2.36. The summed E-state index contributed by atoms with van der Waals surface area (Å²) in [7, 11) is 2.02. The number of para-hydroxylation sites is 1. The molecule has 0 aliphatic carbocycles. The Kier molecular flexibility index (Phi) is 4.43. The fourth-order valence-electron chi connectivity index (χ4n) is 2.69. The van der Waals surface area contributed by atoms with Crippen LogP contribution in [0.15, 0.2) is 24.3 Å². The molecule has 1 unspecified atom stereocenters. The molecule has 1 heterocycles. The van der Waals surface area contributed by atoms with E-state index in [1.165, 1.54) is 11.3 Å². The molecular weight excluding hydrogens is 240 g/mol. The second kappa shape index (κ2) is 6.06. The summed E-state index contributed by atoms with van der Waals surface area (Å²) in [6.07, 6.45) is 1.32. The van der Waals surface area contributed by atoms with Gasteiger partial charge in [0.15, 0.2) is 0 Å². The van der Waals surface area contributed by atoms with Gasteiger partial charge in [-0.1, -0.05) is 18.2 Å². The highest BCUT2D eigenvalue weighted by atomic mass is 16.4. The van der Waals surface area contributed by atoms with E-state index < -0.39 is 5.97 Å². The summed E-state index contributed by atoms with van der Waals surface area (Å²) in [6.45, 7) is 4.80. The van der Waals surface area contributed by atoms with E-state index in [0.717, 1.165) is 19.5 Å². The summed E-state index contributed by atoms with van der Waals surface area (Å²) < 4.78 is 0. The molecule has 1 atom stereocenters. The Bertz CT molecular complexity index is 448. The molecule has 4 heteroatoms. The normalized spacial score (nSPS) is 19.1. The van der Waals surface area contributed by atoms with Crippen LogP contribution in [0.4, 0.5) is 5.69 Å². The fourth-order valence-corrected chi connectivity index (χ4v) is 2.69. The van der Waals surface area contributed by atoms with Gasteiger partial charge in [0, 0.05) is 31.4 Å². The van der Waals surface area contributed by atoms with E-state index in [9.17, 15) is 4.79 Å². The molecule has 1 fully saturated rings. The van der Waals surface area contributed by atoms with Gasteiger partial charge in [-0.15, -0.1) is 0 Å². The largest absolute Gasteiger partial charge is 0.481 e. The first kappa shape index (κ1) is 13.9. The van der Waals surface area contributed by atoms with Gasteiger partial charge in [0.05, 0.1) is 6.42 Å². The Labute approximate surface area is 114 Å². The molecule has 4 nitrogen and oxygen atoms in total. The number of carbonyl (C=O) groups is 1. The first-order valence-electron chi connectivity index (χ1n) is 6.80. The minimum atomic E-state index is -0.722. The highest BCUT2D eigenvalue weighted by Gasteiger charge is 2.26. The third-order valence-electron chi connectivity index (χ3n) is 3.92. The number of rotatable bonds is 5. The van der Waals surface area contributed by atoms with E-state index in [1.807, 2.05) is 7.05 Å². The minimum Gasteiger partial charge on any atom is -0.481 e. The van der Waals surface area contributed by atoms with Gasteiger partial charge in [-0.2, -0.15) is 0 Å². The van der Waals surface area contributed by atoms with Gasteiger partial charge in [-0.3, -0.25) is 4.79 Å². The van der Waals surface area contributed by atoms with Gasteiger partial charge in [-0.05, 0) is 32.0 Å². The van der Waals surface area contributed by atoms with Crippen LogP contribution in [0.5, 0.6) is 0 Å². The first-order chi connectivity index (χ1) is 9.08. The second-order valence-electron chi connectivity index (χ2n) is 5.30. The third-order valence-corrected chi connectivity index (χ3v) is 3.92. The van der Waals surface area contributed by atoms with E-state index in [0.29, 0.717) is 12.6 Å². The molecular formula is C15H22N2O2. The van der Waals surface area contributed by atoms with Crippen LogP contribution in [0, 0.1) is 6.92 Å². The number of likely N-dealkylation sites (N-methyl/N-ethyl adjacent to an activating group) is 1. The molecule has 1 N–H and O–H groups in total. The van der Waals surface area contributed by atoms with Gasteiger partial charge < -0.3 is 14.9 Å². The molecule has 0 radical (unpaired) electrons. The number of anilines is 1. The molecule has 1 aliphatic rings. The SMILES string of the molecule is Cc1ccccc1N1CCC(N(C)CCC(=O)O)C1. The maximum atomic E-state index is 10.6. The number of carboxylic acids is 1. The van der Waals surface area contributed by atoms with Crippen molar-refractivity contribution in [2.75, 3.05) is 31.6 Å². The summed E-state index contributed by atoms with van der Waals surface area (Å²) in [5.74, 6) is -0.722. The fraction of sp³-hybridized carbons (Fsp3) is 0.533. The summed E-state index contributed by atoms with van der Waals surface area (Å²) in [6, 6.07) is 8.89. The zero-order chi connectivity index (χ0) is 13.8. The van der Waals surface area contributed by atoms with Crippen molar-refractivity contribution < 1.29 is 9.90 Å². The monoisotopic (exact) mass is 262 g/mol. The number of hydrogen-bond donors (Lipinski definition) is 1. The second-order valence-corrected chi connectivity index (χ2v) is 5.30. The lowest BCUT2D eigenvalue weighted by Gasteiger charge is -2.25. The van der Waals surface area contributed by atoms with Crippen LogP contribution in [0.25, 0.3) is 0 Å². The van der Waals surface area contributed by atoms with Gasteiger partial charge >= 0.3 is 5.97 Å². The zero-order valence-corrected chi connectivity index (χ0v) is 11.7. The Morgan fingerprint density at radius 2 is 2.21 bits per heavy atom. The molecule has 0 bridgehead atoms. The number of hydrogen-bond acceptors (Lipinski definition) is 3. The van der Waals surface area contributed by atoms with Crippen molar-refractivity contribution in [1.82, 2.24) is 4.90 Å². The number of nitrogens with zero attached hydrogens (tertiary/aromatic N) is 2. The van der Waals surface area contributed by atoms with Gasteiger partial charge in [0.25, 0.3) is 0 Å². The van der Waals surface area contributed by atoms with Crippen LogP contribution in [0.2, 0.25) is 0 Å². The predicted molar refractivity (Wildman–Crippen MR) is 76.7 cm³/mol. The zero-order valence-electron chi connectivity index (χ0n) is 11.7.